The maximum Gasteiger partial charge on any atom is 0.261 e. The van der Waals surface area contributed by atoms with Gasteiger partial charge in [-0.25, -0.2) is 0 Å². The van der Waals surface area contributed by atoms with Crippen molar-refractivity contribution in [2.24, 2.45) is 0 Å². The third kappa shape index (κ3) is 5.84. The molecule has 0 bridgehead atoms. The predicted molar refractivity (Wildman–Crippen MR) is 90.3 cm³/mol. The first-order chi connectivity index (χ1) is 11.2. The minimum absolute atomic E-state index is 0.0359. The van der Waals surface area contributed by atoms with Gasteiger partial charge in [0.15, 0.2) is 0 Å². The largest absolute Gasteiger partial charge is 0.392 e. The molecule has 23 heavy (non-hydrogen) atoms. The van der Waals surface area contributed by atoms with E-state index in [9.17, 15) is 9.59 Å². The molecule has 1 aromatic carbocycles. The SMILES string of the molecule is O=C(CCNC(=O)c1cccs1)NCCc1ccc(CO)cc1. The van der Waals surface area contributed by atoms with E-state index in [0.717, 1.165) is 17.5 Å². The van der Waals surface area contributed by atoms with E-state index in [1.165, 1.54) is 11.3 Å². The van der Waals surface area contributed by atoms with Crippen molar-refractivity contribution in [1.29, 1.82) is 0 Å². The van der Waals surface area contributed by atoms with E-state index in [4.69, 9.17) is 5.11 Å². The summed E-state index contributed by atoms with van der Waals surface area (Å²) in [5.74, 6) is -0.222. The molecule has 2 amide bonds. The minimum Gasteiger partial charge on any atom is -0.392 e. The van der Waals surface area contributed by atoms with Gasteiger partial charge in [-0.2, -0.15) is 0 Å². The van der Waals surface area contributed by atoms with Crippen LogP contribution in [0.15, 0.2) is 41.8 Å². The van der Waals surface area contributed by atoms with Crippen LogP contribution >= 0.6 is 11.3 Å². The molecule has 0 aliphatic rings. The van der Waals surface area contributed by atoms with Crippen LogP contribution in [0.1, 0.15) is 27.2 Å². The Bertz CT molecular complexity index is 624. The van der Waals surface area contributed by atoms with Gasteiger partial charge in [0.1, 0.15) is 0 Å². The monoisotopic (exact) mass is 332 g/mol. The molecule has 1 aromatic heterocycles. The second kappa shape index (κ2) is 9.07. The number of nitrogens with one attached hydrogen (secondary N) is 2. The van der Waals surface area contributed by atoms with Crippen LogP contribution in [0.4, 0.5) is 0 Å². The van der Waals surface area contributed by atoms with Gasteiger partial charge in [0.2, 0.25) is 5.91 Å². The summed E-state index contributed by atoms with van der Waals surface area (Å²) < 4.78 is 0. The van der Waals surface area contributed by atoms with E-state index >= 15 is 0 Å². The molecule has 6 heteroatoms. The molecule has 122 valence electrons. The average molecular weight is 332 g/mol. The molecule has 0 fully saturated rings. The maximum atomic E-state index is 11.7. The minimum atomic E-state index is -0.142. The van der Waals surface area contributed by atoms with Crippen molar-refractivity contribution >= 4 is 23.2 Å². The zero-order valence-electron chi connectivity index (χ0n) is 12.7. The van der Waals surface area contributed by atoms with Crippen LogP contribution in [-0.4, -0.2) is 30.0 Å². The number of aliphatic hydroxyl groups excluding tert-OH is 1. The number of benzene rings is 1. The lowest BCUT2D eigenvalue weighted by Gasteiger charge is -2.07. The van der Waals surface area contributed by atoms with Gasteiger partial charge < -0.3 is 15.7 Å². The molecule has 2 rings (SSSR count). The highest BCUT2D eigenvalue weighted by atomic mass is 32.1. The van der Waals surface area contributed by atoms with Crippen molar-refractivity contribution in [3.8, 4) is 0 Å². The van der Waals surface area contributed by atoms with Crippen LogP contribution in [0.3, 0.4) is 0 Å². The number of thiophene rings is 1. The molecular weight excluding hydrogens is 312 g/mol. The van der Waals surface area contributed by atoms with Gasteiger partial charge in [-0.3, -0.25) is 9.59 Å². The summed E-state index contributed by atoms with van der Waals surface area (Å²) >= 11 is 1.38. The van der Waals surface area contributed by atoms with Crippen molar-refractivity contribution in [3.63, 3.8) is 0 Å². The molecular formula is C17H20N2O3S. The Morgan fingerprint density at radius 1 is 1.00 bits per heavy atom. The molecule has 0 radical (unpaired) electrons. The lowest BCUT2D eigenvalue weighted by atomic mass is 10.1. The van der Waals surface area contributed by atoms with Gasteiger partial charge in [0, 0.05) is 19.5 Å². The average Bonchev–Trinajstić information content (AvgIpc) is 3.10. The van der Waals surface area contributed by atoms with E-state index in [-0.39, 0.29) is 24.8 Å². The first-order valence-corrected chi connectivity index (χ1v) is 8.34. The predicted octanol–water partition coefficient (Wildman–Crippen LogP) is 1.72. The Kier molecular flexibility index (Phi) is 6.77. The van der Waals surface area contributed by atoms with Crippen molar-refractivity contribution in [1.82, 2.24) is 10.6 Å². The van der Waals surface area contributed by atoms with Crippen LogP contribution in [0.2, 0.25) is 0 Å². The first kappa shape index (κ1) is 17.2. The number of rotatable bonds is 8. The van der Waals surface area contributed by atoms with Gasteiger partial charge in [-0.15, -0.1) is 11.3 Å². The molecule has 0 saturated carbocycles. The van der Waals surface area contributed by atoms with Gasteiger partial charge in [-0.1, -0.05) is 30.3 Å². The number of hydrogen-bond donors (Lipinski definition) is 3. The Morgan fingerprint density at radius 3 is 2.39 bits per heavy atom. The second-order valence-electron chi connectivity index (χ2n) is 5.06. The summed E-state index contributed by atoms with van der Waals surface area (Å²) in [6.07, 6.45) is 1.000. The van der Waals surface area contributed by atoms with Gasteiger partial charge in [0.25, 0.3) is 5.91 Å². The molecule has 0 spiro atoms. The Labute approximate surface area is 139 Å². The topological polar surface area (TPSA) is 78.4 Å². The third-order valence-electron chi connectivity index (χ3n) is 3.32. The number of aliphatic hydroxyl groups is 1. The summed E-state index contributed by atoms with van der Waals surface area (Å²) in [4.78, 5) is 24.0. The molecule has 3 N–H and O–H groups in total. The van der Waals surface area contributed by atoms with Crippen LogP contribution in [0.5, 0.6) is 0 Å². The lowest BCUT2D eigenvalue weighted by molar-refractivity contribution is -0.120. The number of carbonyl (C=O) groups excluding carboxylic acids is 2. The van der Waals surface area contributed by atoms with E-state index in [2.05, 4.69) is 10.6 Å². The lowest BCUT2D eigenvalue weighted by Crippen LogP contribution is -2.31. The molecule has 1 heterocycles. The first-order valence-electron chi connectivity index (χ1n) is 7.46. The van der Waals surface area contributed by atoms with Gasteiger partial charge in [-0.05, 0) is 29.0 Å². The molecule has 5 nitrogen and oxygen atoms in total. The van der Waals surface area contributed by atoms with Crippen LogP contribution in [-0.2, 0) is 17.8 Å². The summed E-state index contributed by atoms with van der Waals surface area (Å²) in [6.45, 7) is 0.915. The Balaban J connectivity index is 1.60. The molecule has 0 atom stereocenters. The summed E-state index contributed by atoms with van der Waals surface area (Å²) in [5, 5.41) is 16.4. The van der Waals surface area contributed by atoms with Crippen molar-refractivity contribution < 1.29 is 14.7 Å². The maximum absolute atomic E-state index is 11.7. The van der Waals surface area contributed by atoms with E-state index < -0.39 is 0 Å². The Hall–Kier alpha value is -2.18. The normalized spacial score (nSPS) is 10.3. The second-order valence-corrected chi connectivity index (χ2v) is 6.01. The Morgan fingerprint density at radius 2 is 1.74 bits per heavy atom. The molecule has 0 saturated heterocycles. The quantitative estimate of drug-likeness (QED) is 0.689. The van der Waals surface area contributed by atoms with Crippen LogP contribution in [0, 0.1) is 0 Å². The van der Waals surface area contributed by atoms with E-state index in [1.807, 2.05) is 35.7 Å². The van der Waals surface area contributed by atoms with Crippen LogP contribution < -0.4 is 10.6 Å². The highest BCUT2D eigenvalue weighted by Crippen LogP contribution is 2.07. The zero-order valence-corrected chi connectivity index (χ0v) is 13.6. The molecule has 2 aromatic rings. The molecule has 0 aliphatic heterocycles. The highest BCUT2D eigenvalue weighted by Gasteiger charge is 2.07. The number of carbonyl (C=O) groups is 2. The number of hydrogen-bond acceptors (Lipinski definition) is 4. The molecule has 0 aliphatic carbocycles. The van der Waals surface area contributed by atoms with Crippen molar-refractivity contribution in [2.75, 3.05) is 13.1 Å². The van der Waals surface area contributed by atoms with Crippen LogP contribution in [0.25, 0.3) is 0 Å². The van der Waals surface area contributed by atoms with Gasteiger partial charge in [0.05, 0.1) is 11.5 Å². The zero-order chi connectivity index (χ0) is 16.5. The summed E-state index contributed by atoms with van der Waals surface area (Å²) in [6, 6.07) is 11.2. The fourth-order valence-electron chi connectivity index (χ4n) is 2.03. The van der Waals surface area contributed by atoms with Crippen molar-refractivity contribution in [3.05, 3.63) is 57.8 Å². The standard InChI is InChI=1S/C17H20N2O3S/c20-12-14-5-3-13(4-6-14)7-9-18-16(21)8-10-19-17(22)15-2-1-11-23-15/h1-6,11,20H,7-10,12H2,(H,18,21)(H,19,22). The highest BCUT2D eigenvalue weighted by molar-refractivity contribution is 7.12. The smallest absolute Gasteiger partial charge is 0.261 e. The number of amides is 2. The fraction of sp³-hybridized carbons (Fsp3) is 0.294. The molecule has 0 unspecified atom stereocenters. The third-order valence-corrected chi connectivity index (χ3v) is 4.19. The van der Waals surface area contributed by atoms with Gasteiger partial charge >= 0.3 is 0 Å². The van der Waals surface area contributed by atoms with E-state index in [1.54, 1.807) is 6.07 Å². The fourth-order valence-corrected chi connectivity index (χ4v) is 2.67. The van der Waals surface area contributed by atoms with E-state index in [0.29, 0.717) is 18.0 Å². The summed E-state index contributed by atoms with van der Waals surface area (Å²) in [7, 11) is 0. The van der Waals surface area contributed by atoms with Crippen molar-refractivity contribution in [2.45, 2.75) is 19.4 Å². The summed E-state index contributed by atoms with van der Waals surface area (Å²) in [5.41, 5.74) is 1.98.